The van der Waals surface area contributed by atoms with Crippen molar-refractivity contribution >= 4 is 44.9 Å². The molecule has 2 aromatic rings. The molecule has 2 saturated carbocycles. The SMILES string of the molecule is C=C[C@H](C)[C@@](C)(NC(=O)[C@@H]1C[C@@H]2CN1C(=O)[C@H](C(C)(C)C)NC(=O)O[C@@H]1C[C@@H]1CCCCCc1nc3ccc(OC)cc3nc1O2)C(=O)NS(=O)(=O)C1CC1. The first kappa shape index (κ1) is 40.2. The van der Waals surface area contributed by atoms with E-state index in [-0.39, 0.29) is 30.9 Å². The lowest BCUT2D eigenvalue weighted by atomic mass is 9.85. The highest BCUT2D eigenvalue weighted by Gasteiger charge is 2.50. The quantitative estimate of drug-likeness (QED) is 0.329. The summed E-state index contributed by atoms with van der Waals surface area (Å²) in [5.74, 6) is -1.75. The van der Waals surface area contributed by atoms with Gasteiger partial charge >= 0.3 is 6.09 Å². The van der Waals surface area contributed by atoms with Crippen LogP contribution in [0, 0.1) is 17.3 Å². The predicted octanol–water partition coefficient (Wildman–Crippen LogP) is 3.94. The Kier molecular flexibility index (Phi) is 11.4. The third-order valence-electron chi connectivity index (χ3n) is 11.3. The maximum atomic E-state index is 14.6. The fourth-order valence-electron chi connectivity index (χ4n) is 7.27. The Bertz CT molecular complexity index is 1950. The minimum Gasteiger partial charge on any atom is -0.497 e. The predicted molar refractivity (Wildman–Crippen MR) is 204 cm³/mol. The van der Waals surface area contributed by atoms with Crippen LogP contribution in [0.4, 0.5) is 4.79 Å². The molecule has 3 heterocycles. The van der Waals surface area contributed by atoms with Crippen LogP contribution in [0.2, 0.25) is 0 Å². The second kappa shape index (κ2) is 15.6. The lowest BCUT2D eigenvalue weighted by Gasteiger charge is -2.37. The number of amides is 4. The van der Waals surface area contributed by atoms with Gasteiger partial charge in [-0.3, -0.25) is 19.1 Å². The van der Waals surface area contributed by atoms with Crippen LogP contribution in [0.1, 0.15) is 91.7 Å². The number of benzene rings is 1. The molecule has 7 atom stereocenters. The molecule has 3 N–H and O–H groups in total. The molecule has 2 aliphatic carbocycles. The van der Waals surface area contributed by atoms with Crippen LogP contribution in [0.5, 0.6) is 11.6 Å². The number of sulfonamides is 1. The second-order valence-electron chi connectivity index (χ2n) is 16.7. The standard InChI is InChI=1S/C39H54N6O9S/c1-8-22(2)39(6,36(48)44-55(50,51)26-15-16-26)43-33(46)30-20-25-21-45(30)35(47)32(38(3,4)5)42-37(49)54-31-18-23(31)12-10-9-11-13-28-34(53-25)41-29-19-24(52-7)14-17-27(29)40-28/h8,14,17,19,22-23,25-26,30-32H,1,9-13,15-16,18,20-21H2,2-7H3,(H,42,49)(H,43,46)(H,44,48)/t22-,23-,25+,30-,31+,32+,39+/m0/s1. The van der Waals surface area contributed by atoms with Crippen molar-refractivity contribution < 1.29 is 41.8 Å². The molecule has 4 aliphatic rings. The lowest BCUT2D eigenvalue weighted by Crippen LogP contribution is -2.64. The summed E-state index contributed by atoms with van der Waals surface area (Å²) >= 11 is 0. The lowest BCUT2D eigenvalue weighted by molar-refractivity contribution is -0.143. The van der Waals surface area contributed by atoms with Crippen molar-refractivity contribution in [2.45, 2.75) is 127 Å². The van der Waals surface area contributed by atoms with Gasteiger partial charge in [0.15, 0.2) is 0 Å². The van der Waals surface area contributed by atoms with E-state index < -0.39 is 74.1 Å². The van der Waals surface area contributed by atoms with E-state index in [4.69, 9.17) is 24.2 Å². The third-order valence-corrected chi connectivity index (χ3v) is 13.1. The van der Waals surface area contributed by atoms with Crippen LogP contribution in [0.15, 0.2) is 30.9 Å². The van der Waals surface area contributed by atoms with Gasteiger partial charge in [-0.25, -0.2) is 23.2 Å². The van der Waals surface area contributed by atoms with E-state index in [2.05, 4.69) is 21.9 Å². The van der Waals surface area contributed by atoms with E-state index in [0.29, 0.717) is 41.7 Å². The average molecular weight is 783 g/mol. The fourth-order valence-corrected chi connectivity index (χ4v) is 8.66. The van der Waals surface area contributed by atoms with Crippen LogP contribution < -0.4 is 24.8 Å². The average Bonchev–Trinajstić information content (AvgIpc) is 4.06. The molecular formula is C39H54N6O9S. The molecule has 55 heavy (non-hydrogen) atoms. The van der Waals surface area contributed by atoms with Gasteiger partial charge in [-0.2, -0.15) is 0 Å². The zero-order valence-corrected chi connectivity index (χ0v) is 33.4. The van der Waals surface area contributed by atoms with Gasteiger partial charge in [0, 0.05) is 18.4 Å². The van der Waals surface area contributed by atoms with E-state index in [1.807, 2.05) is 12.1 Å². The number of nitrogens with zero attached hydrogens (tertiary/aromatic N) is 3. The Morgan fingerprint density at radius 1 is 1.05 bits per heavy atom. The molecule has 1 aromatic heterocycles. The summed E-state index contributed by atoms with van der Waals surface area (Å²) in [4.78, 5) is 67.2. The topological polar surface area (TPSA) is 195 Å². The van der Waals surface area contributed by atoms with Crippen molar-refractivity contribution in [1.82, 2.24) is 30.2 Å². The maximum Gasteiger partial charge on any atom is 0.408 e. The Labute approximate surface area is 322 Å². The van der Waals surface area contributed by atoms with Crippen molar-refractivity contribution in [2.24, 2.45) is 17.3 Å². The van der Waals surface area contributed by atoms with Gasteiger partial charge < -0.3 is 29.7 Å². The Hall–Kier alpha value is -4.47. The van der Waals surface area contributed by atoms with Crippen molar-refractivity contribution in [3.63, 3.8) is 0 Å². The molecule has 0 unspecified atom stereocenters. The van der Waals surface area contributed by atoms with Crippen LogP contribution in [-0.4, -0.2) is 95.8 Å². The number of nitrogens with one attached hydrogen (secondary N) is 3. The number of alkyl carbamates (subject to hydrolysis) is 1. The summed E-state index contributed by atoms with van der Waals surface area (Å²) in [6.07, 6.45) is 5.60. The summed E-state index contributed by atoms with van der Waals surface area (Å²) in [5.41, 5.74) is -0.692. The van der Waals surface area contributed by atoms with E-state index in [0.717, 1.165) is 32.1 Å². The number of carbonyl (C=O) groups excluding carboxylic acids is 4. The summed E-state index contributed by atoms with van der Waals surface area (Å²) < 4.78 is 45.5. The van der Waals surface area contributed by atoms with Gasteiger partial charge in [-0.05, 0) is 68.9 Å². The minimum absolute atomic E-state index is 0.000443. The number of fused-ring (bicyclic) bond motifs is 5. The Morgan fingerprint density at radius 3 is 2.47 bits per heavy atom. The minimum atomic E-state index is -3.95. The summed E-state index contributed by atoms with van der Waals surface area (Å²) in [6.45, 7) is 12.2. The number of ether oxygens (including phenoxy) is 3. The van der Waals surface area contributed by atoms with E-state index in [1.54, 1.807) is 40.9 Å². The highest BCUT2D eigenvalue weighted by Crippen LogP contribution is 2.39. The molecule has 1 saturated heterocycles. The number of aromatic nitrogens is 2. The molecule has 2 bridgehead atoms. The van der Waals surface area contributed by atoms with Crippen LogP contribution in [0.3, 0.4) is 0 Å². The number of methoxy groups -OCH3 is 1. The molecule has 2 aliphatic heterocycles. The fraction of sp³-hybridized carbons (Fsp3) is 0.641. The number of hydrogen-bond acceptors (Lipinski definition) is 11. The Morgan fingerprint density at radius 2 is 1.80 bits per heavy atom. The van der Waals surface area contributed by atoms with Gasteiger partial charge in [0.2, 0.25) is 27.7 Å². The zero-order chi connectivity index (χ0) is 39.9. The Balaban J connectivity index is 1.36. The molecule has 0 spiro atoms. The van der Waals surface area contributed by atoms with Crippen molar-refractivity contribution in [2.75, 3.05) is 13.7 Å². The normalized spacial score (nSPS) is 26.7. The van der Waals surface area contributed by atoms with Gasteiger partial charge in [-0.1, -0.05) is 46.6 Å². The molecule has 4 amide bonds. The summed E-state index contributed by atoms with van der Waals surface area (Å²) in [5, 5.41) is 4.91. The van der Waals surface area contributed by atoms with Crippen molar-refractivity contribution in [1.29, 1.82) is 0 Å². The first-order valence-corrected chi connectivity index (χ1v) is 20.8. The largest absolute Gasteiger partial charge is 0.497 e. The van der Waals surface area contributed by atoms with E-state index >= 15 is 0 Å². The van der Waals surface area contributed by atoms with Crippen LogP contribution in [0.25, 0.3) is 11.0 Å². The molecule has 6 rings (SSSR count). The second-order valence-corrected chi connectivity index (χ2v) is 18.6. The van der Waals surface area contributed by atoms with Gasteiger partial charge in [-0.15, -0.1) is 6.58 Å². The number of hydrogen-bond donors (Lipinski definition) is 3. The van der Waals surface area contributed by atoms with E-state index in [9.17, 15) is 27.6 Å². The maximum absolute atomic E-state index is 14.6. The molecule has 16 heteroatoms. The third kappa shape index (κ3) is 9.00. The smallest absolute Gasteiger partial charge is 0.408 e. The van der Waals surface area contributed by atoms with Gasteiger partial charge in [0.05, 0.1) is 29.9 Å². The first-order chi connectivity index (χ1) is 25.9. The first-order valence-electron chi connectivity index (χ1n) is 19.2. The number of rotatable bonds is 8. The van der Waals surface area contributed by atoms with Gasteiger partial charge in [0.25, 0.3) is 5.91 Å². The number of carbonyl (C=O) groups is 4. The number of aryl methyl sites for hydroxylation is 1. The molecule has 1 aromatic carbocycles. The van der Waals surface area contributed by atoms with Crippen LogP contribution in [-0.2, 0) is 35.6 Å². The van der Waals surface area contributed by atoms with E-state index in [1.165, 1.54) is 17.9 Å². The molecule has 3 fully saturated rings. The molecule has 300 valence electrons. The summed E-state index contributed by atoms with van der Waals surface area (Å²) in [7, 11) is -2.39. The monoisotopic (exact) mass is 782 g/mol. The zero-order valence-electron chi connectivity index (χ0n) is 32.6. The highest BCUT2D eigenvalue weighted by molar-refractivity contribution is 7.91. The molecular weight excluding hydrogens is 729 g/mol. The molecule has 0 radical (unpaired) electrons. The van der Waals surface area contributed by atoms with Crippen LogP contribution >= 0.6 is 0 Å². The van der Waals surface area contributed by atoms with Gasteiger partial charge in [0.1, 0.15) is 41.3 Å². The summed E-state index contributed by atoms with van der Waals surface area (Å²) in [6, 6.07) is 3.13. The van der Waals surface area contributed by atoms with Crippen molar-refractivity contribution in [3.8, 4) is 11.6 Å². The highest BCUT2D eigenvalue weighted by atomic mass is 32.2. The molecule has 15 nitrogen and oxygen atoms in total. The van der Waals surface area contributed by atoms with Crippen molar-refractivity contribution in [3.05, 3.63) is 36.5 Å².